The van der Waals surface area contributed by atoms with Gasteiger partial charge in [-0.2, -0.15) is 5.26 Å². The highest BCUT2D eigenvalue weighted by molar-refractivity contribution is 7.07. The number of nitrogens with zero attached hydrogens (tertiary/aromatic N) is 3. The van der Waals surface area contributed by atoms with E-state index in [4.69, 9.17) is 19.7 Å². The molecule has 0 N–H and O–H groups in total. The summed E-state index contributed by atoms with van der Waals surface area (Å²) in [6.45, 7) is 2.20. The Morgan fingerprint density at radius 1 is 1.00 bits per heavy atom. The van der Waals surface area contributed by atoms with Gasteiger partial charge in [-0.1, -0.05) is 78.1 Å². The van der Waals surface area contributed by atoms with Crippen LogP contribution in [0.5, 0.6) is 5.75 Å². The predicted molar refractivity (Wildman–Crippen MR) is 169 cm³/mol. The van der Waals surface area contributed by atoms with E-state index in [1.54, 1.807) is 37.3 Å². The number of halogens is 1. The predicted octanol–water partition coefficient (Wildman–Crippen LogP) is 5.53. The zero-order valence-electron chi connectivity index (χ0n) is 24.1. The third-order valence-corrected chi connectivity index (χ3v) is 8.21. The smallest absolute Gasteiger partial charge is 0.338 e. The molecule has 1 aliphatic heterocycles. The van der Waals surface area contributed by atoms with Gasteiger partial charge in [0.05, 0.1) is 40.1 Å². The van der Waals surface area contributed by atoms with Crippen molar-refractivity contribution < 1.29 is 18.7 Å². The molecule has 0 fully saturated rings. The van der Waals surface area contributed by atoms with Crippen molar-refractivity contribution in [1.29, 1.82) is 5.26 Å². The highest BCUT2D eigenvalue weighted by atomic mass is 32.1. The molecule has 9 heteroatoms. The van der Waals surface area contributed by atoms with Gasteiger partial charge in [-0.15, -0.1) is 0 Å². The molecule has 45 heavy (non-hydrogen) atoms. The fraction of sp³-hybridized carbons (Fsp3) is 0.111. The SMILES string of the molecule is CCOC(=O)C1=C(c2ccccc2)N=c2s/c(=C\c3ccc(OCc4ccc(C#N)cc4)cc3)c(=O)n2[C@H]1c1ccc(F)cc1. The van der Waals surface area contributed by atoms with Crippen LogP contribution in [0.2, 0.25) is 0 Å². The first-order valence-electron chi connectivity index (χ1n) is 14.2. The Morgan fingerprint density at radius 2 is 1.71 bits per heavy atom. The summed E-state index contributed by atoms with van der Waals surface area (Å²) in [5.74, 6) is -0.374. The second-order valence-electron chi connectivity index (χ2n) is 10.1. The molecule has 0 spiro atoms. The van der Waals surface area contributed by atoms with E-state index in [0.29, 0.717) is 44.1 Å². The summed E-state index contributed by atoms with van der Waals surface area (Å²) in [5, 5.41) is 8.98. The molecule has 0 unspecified atom stereocenters. The number of hydrogen-bond donors (Lipinski definition) is 0. The summed E-state index contributed by atoms with van der Waals surface area (Å²) in [6.07, 6.45) is 1.77. The Balaban J connectivity index is 1.40. The molecule has 0 saturated heterocycles. The molecule has 7 nitrogen and oxygen atoms in total. The third-order valence-electron chi connectivity index (χ3n) is 7.23. The van der Waals surface area contributed by atoms with Crippen LogP contribution in [0.1, 0.15) is 40.8 Å². The summed E-state index contributed by atoms with van der Waals surface area (Å²) in [7, 11) is 0. The van der Waals surface area contributed by atoms with Gasteiger partial charge in [-0.05, 0) is 66.1 Å². The number of esters is 1. The molecule has 4 aromatic carbocycles. The third kappa shape index (κ3) is 6.23. The van der Waals surface area contributed by atoms with Crippen LogP contribution in [0.4, 0.5) is 4.39 Å². The highest BCUT2D eigenvalue weighted by Gasteiger charge is 2.35. The lowest BCUT2D eigenvalue weighted by Gasteiger charge is -2.25. The van der Waals surface area contributed by atoms with Crippen LogP contribution in [-0.2, 0) is 16.1 Å². The van der Waals surface area contributed by atoms with Crippen molar-refractivity contribution in [2.45, 2.75) is 19.6 Å². The van der Waals surface area contributed by atoms with Crippen molar-refractivity contribution in [1.82, 2.24) is 4.57 Å². The summed E-state index contributed by atoms with van der Waals surface area (Å²) >= 11 is 1.21. The Morgan fingerprint density at radius 3 is 2.38 bits per heavy atom. The van der Waals surface area contributed by atoms with Gasteiger partial charge in [-0.25, -0.2) is 14.2 Å². The number of nitriles is 1. The van der Waals surface area contributed by atoms with Crippen molar-refractivity contribution in [3.63, 3.8) is 0 Å². The zero-order chi connectivity index (χ0) is 31.3. The van der Waals surface area contributed by atoms with Crippen molar-refractivity contribution in [3.05, 3.63) is 162 Å². The van der Waals surface area contributed by atoms with Crippen LogP contribution >= 0.6 is 11.3 Å². The number of aromatic nitrogens is 1. The van der Waals surface area contributed by atoms with Crippen molar-refractivity contribution in [3.8, 4) is 11.8 Å². The number of carbonyl (C=O) groups is 1. The first-order chi connectivity index (χ1) is 21.9. The van der Waals surface area contributed by atoms with E-state index in [9.17, 15) is 14.0 Å². The normalized spacial score (nSPS) is 14.3. The molecule has 1 aromatic heterocycles. The maximum Gasteiger partial charge on any atom is 0.338 e. The van der Waals surface area contributed by atoms with E-state index in [1.165, 1.54) is 28.0 Å². The maximum atomic E-state index is 14.0. The standard InChI is InChI=1S/C36H26FN3O4S/c1-2-43-35(42)31-32(26-6-4-3-5-7-26)39-36-40(33(31)27-14-16-28(37)17-15-27)34(41)30(45-36)20-23-12-18-29(19-13-23)44-22-25-10-8-24(21-38)9-11-25/h3-20,33H,2,22H2,1H3/b30-20-/t33-/m0/s1. The first-order valence-corrected chi connectivity index (χ1v) is 15.0. The Kier molecular flexibility index (Phi) is 8.49. The van der Waals surface area contributed by atoms with E-state index >= 15 is 0 Å². The highest BCUT2D eigenvalue weighted by Crippen LogP contribution is 2.35. The van der Waals surface area contributed by atoms with Crippen molar-refractivity contribution >= 4 is 29.1 Å². The lowest BCUT2D eigenvalue weighted by atomic mass is 9.93. The molecule has 1 aliphatic rings. The average Bonchev–Trinajstić information content (AvgIpc) is 3.38. The van der Waals surface area contributed by atoms with Crippen LogP contribution in [0.3, 0.4) is 0 Å². The van der Waals surface area contributed by atoms with Crippen LogP contribution in [0.25, 0.3) is 11.8 Å². The van der Waals surface area contributed by atoms with Gasteiger partial charge < -0.3 is 9.47 Å². The van der Waals surface area contributed by atoms with Crippen LogP contribution in [0, 0.1) is 17.1 Å². The van der Waals surface area contributed by atoms with Gasteiger partial charge in [-0.3, -0.25) is 9.36 Å². The minimum atomic E-state index is -0.878. The van der Waals surface area contributed by atoms with E-state index < -0.39 is 17.8 Å². The van der Waals surface area contributed by atoms with Gasteiger partial charge in [0, 0.05) is 5.56 Å². The number of benzene rings is 4. The molecule has 0 amide bonds. The van der Waals surface area contributed by atoms with E-state index in [0.717, 1.165) is 11.1 Å². The lowest BCUT2D eigenvalue weighted by Crippen LogP contribution is -2.40. The van der Waals surface area contributed by atoms with Gasteiger partial charge in [0.25, 0.3) is 5.56 Å². The Hall–Kier alpha value is -5.59. The summed E-state index contributed by atoms with van der Waals surface area (Å²) in [4.78, 5) is 32.7. The topological polar surface area (TPSA) is 93.7 Å². The largest absolute Gasteiger partial charge is 0.489 e. The van der Waals surface area contributed by atoms with Gasteiger partial charge in [0.2, 0.25) is 0 Å². The Bertz CT molecular complexity index is 2110. The molecule has 222 valence electrons. The van der Waals surface area contributed by atoms with E-state index in [-0.39, 0.29) is 17.7 Å². The summed E-state index contributed by atoms with van der Waals surface area (Å²) in [6, 6.07) is 30.8. The quantitative estimate of drug-likeness (QED) is 0.214. The van der Waals surface area contributed by atoms with Crippen LogP contribution in [0.15, 0.2) is 118 Å². The second-order valence-corrected chi connectivity index (χ2v) is 11.2. The fourth-order valence-corrected chi connectivity index (χ4v) is 6.06. The lowest BCUT2D eigenvalue weighted by molar-refractivity contribution is -0.138. The van der Waals surface area contributed by atoms with Crippen molar-refractivity contribution in [2.75, 3.05) is 6.61 Å². The van der Waals surface area contributed by atoms with Gasteiger partial charge in [0.15, 0.2) is 4.80 Å². The molecule has 1 atom stereocenters. The van der Waals surface area contributed by atoms with E-state index in [1.807, 2.05) is 66.7 Å². The molecule has 0 aliphatic carbocycles. The monoisotopic (exact) mass is 615 g/mol. The minimum Gasteiger partial charge on any atom is -0.489 e. The second kappa shape index (κ2) is 13.0. The summed E-state index contributed by atoms with van der Waals surface area (Å²) in [5.41, 5.74) is 3.83. The van der Waals surface area contributed by atoms with Crippen LogP contribution in [-0.4, -0.2) is 17.1 Å². The summed E-state index contributed by atoms with van der Waals surface area (Å²) < 4.78 is 27.2. The average molecular weight is 616 g/mol. The number of fused-ring (bicyclic) bond motifs is 1. The first kappa shape index (κ1) is 29.5. The van der Waals surface area contributed by atoms with Gasteiger partial charge in [0.1, 0.15) is 18.2 Å². The van der Waals surface area contributed by atoms with Crippen molar-refractivity contribution in [2.24, 2.45) is 4.99 Å². The number of rotatable bonds is 8. The maximum absolute atomic E-state index is 14.0. The molecule has 5 aromatic rings. The molecule has 0 saturated carbocycles. The fourth-order valence-electron chi connectivity index (χ4n) is 5.05. The Labute approximate surface area is 262 Å². The number of carbonyl (C=O) groups excluding carboxylic acids is 1. The van der Waals surface area contributed by atoms with Crippen LogP contribution < -0.4 is 19.6 Å². The number of thiazole rings is 1. The molecule has 6 rings (SSSR count). The number of hydrogen-bond acceptors (Lipinski definition) is 7. The van der Waals surface area contributed by atoms with Gasteiger partial charge >= 0.3 is 5.97 Å². The zero-order valence-corrected chi connectivity index (χ0v) is 25.0. The molecular formula is C36H26FN3O4S. The molecular weight excluding hydrogens is 589 g/mol. The molecule has 0 bridgehead atoms. The number of ether oxygens (including phenoxy) is 2. The minimum absolute atomic E-state index is 0.137. The van der Waals surface area contributed by atoms with E-state index in [2.05, 4.69) is 6.07 Å². The molecule has 2 heterocycles. The molecule has 0 radical (unpaired) electrons.